The van der Waals surface area contributed by atoms with E-state index in [-0.39, 0.29) is 21.5 Å². The fourth-order valence-corrected chi connectivity index (χ4v) is 3.57. The lowest BCUT2D eigenvalue weighted by atomic mass is 9.83. The van der Waals surface area contributed by atoms with Crippen LogP contribution in [0.3, 0.4) is 0 Å². The Kier molecular flexibility index (Phi) is 4.98. The molecule has 1 fully saturated rings. The van der Waals surface area contributed by atoms with Gasteiger partial charge in [0.1, 0.15) is 4.47 Å². The molecular weight excluding hydrogens is 336 g/mol. The van der Waals surface area contributed by atoms with Gasteiger partial charge < -0.3 is 5.32 Å². The van der Waals surface area contributed by atoms with Crippen LogP contribution in [0.2, 0.25) is 0 Å². The number of halogens is 1. The third-order valence-electron chi connectivity index (χ3n) is 4.46. The fraction of sp³-hybridized carbons (Fsp3) is 0.533. The summed E-state index contributed by atoms with van der Waals surface area (Å²) in [5.74, 6) is -0.259. The molecule has 6 heteroatoms. The molecule has 1 saturated carbocycles. The van der Waals surface area contributed by atoms with E-state index in [1.54, 1.807) is 6.07 Å². The van der Waals surface area contributed by atoms with Crippen molar-refractivity contribution in [3.05, 3.63) is 38.3 Å². The first kappa shape index (κ1) is 15.9. The van der Waals surface area contributed by atoms with Gasteiger partial charge in [-0.25, -0.2) is 0 Å². The van der Waals surface area contributed by atoms with Crippen molar-refractivity contribution in [3.8, 4) is 0 Å². The minimum absolute atomic E-state index is 0.0891. The summed E-state index contributed by atoms with van der Waals surface area (Å²) in [6.07, 6.45) is 5.75. The quantitative estimate of drug-likeness (QED) is 0.640. The lowest BCUT2D eigenvalue weighted by Gasteiger charge is -2.27. The summed E-state index contributed by atoms with van der Waals surface area (Å²) in [7, 11) is 0. The van der Waals surface area contributed by atoms with E-state index >= 15 is 0 Å². The summed E-state index contributed by atoms with van der Waals surface area (Å²) in [4.78, 5) is 22.7. The summed E-state index contributed by atoms with van der Waals surface area (Å²) >= 11 is 3.16. The molecule has 0 spiro atoms. The normalized spacial score (nSPS) is 16.7. The number of carbonyl (C=O) groups excluding carboxylic acids is 1. The average molecular weight is 355 g/mol. The maximum absolute atomic E-state index is 12.3. The summed E-state index contributed by atoms with van der Waals surface area (Å²) in [6, 6.07) is 4.51. The number of rotatable bonds is 5. The lowest BCUT2D eigenvalue weighted by molar-refractivity contribution is -0.385. The number of hydrogen-bond donors (Lipinski definition) is 1. The van der Waals surface area contributed by atoms with Gasteiger partial charge in [-0.3, -0.25) is 14.9 Å². The first-order valence-corrected chi connectivity index (χ1v) is 7.99. The Balaban J connectivity index is 2.10. The minimum Gasteiger partial charge on any atom is -0.351 e. The van der Waals surface area contributed by atoms with Crippen LogP contribution in [0, 0.1) is 15.5 Å². The molecule has 1 aliphatic rings. The largest absolute Gasteiger partial charge is 0.351 e. The van der Waals surface area contributed by atoms with Gasteiger partial charge in [-0.2, -0.15) is 0 Å². The van der Waals surface area contributed by atoms with Crippen LogP contribution >= 0.6 is 15.9 Å². The predicted molar refractivity (Wildman–Crippen MR) is 84.3 cm³/mol. The molecule has 0 radical (unpaired) electrons. The van der Waals surface area contributed by atoms with Crippen LogP contribution in [0.5, 0.6) is 0 Å². The zero-order chi connectivity index (χ0) is 15.5. The van der Waals surface area contributed by atoms with Crippen LogP contribution in [-0.2, 0) is 0 Å². The maximum atomic E-state index is 12.3. The standard InChI is InChI=1S/C15H19BrN2O3/c1-2-15(8-3-4-9-15)10-17-14(19)11-6-5-7-12(13(11)16)18(20)21/h5-7H,2-4,8-10H2,1H3,(H,17,19). The van der Waals surface area contributed by atoms with E-state index in [4.69, 9.17) is 0 Å². The molecule has 0 unspecified atom stereocenters. The highest BCUT2D eigenvalue weighted by atomic mass is 79.9. The van der Waals surface area contributed by atoms with Crippen molar-refractivity contribution < 1.29 is 9.72 Å². The van der Waals surface area contributed by atoms with E-state index in [9.17, 15) is 14.9 Å². The first-order valence-electron chi connectivity index (χ1n) is 7.20. The lowest BCUT2D eigenvalue weighted by Crippen LogP contribution is -2.35. The number of nitro benzene ring substituents is 1. The molecule has 0 aromatic heterocycles. The van der Waals surface area contributed by atoms with Gasteiger partial charge in [-0.15, -0.1) is 0 Å². The molecule has 0 atom stereocenters. The van der Waals surface area contributed by atoms with Gasteiger partial charge in [0.15, 0.2) is 0 Å². The Morgan fingerprint density at radius 3 is 2.67 bits per heavy atom. The molecule has 21 heavy (non-hydrogen) atoms. The van der Waals surface area contributed by atoms with E-state index in [1.165, 1.54) is 25.0 Å². The summed E-state index contributed by atoms with van der Waals surface area (Å²) in [6.45, 7) is 2.79. The van der Waals surface area contributed by atoms with Crippen molar-refractivity contribution in [2.24, 2.45) is 5.41 Å². The molecule has 0 bridgehead atoms. The number of benzene rings is 1. The van der Waals surface area contributed by atoms with Crippen LogP contribution in [-0.4, -0.2) is 17.4 Å². The second kappa shape index (κ2) is 6.56. The Morgan fingerprint density at radius 1 is 1.43 bits per heavy atom. The van der Waals surface area contributed by atoms with E-state index in [0.717, 1.165) is 19.3 Å². The van der Waals surface area contributed by atoms with Crippen molar-refractivity contribution in [2.45, 2.75) is 39.0 Å². The van der Waals surface area contributed by atoms with Crippen molar-refractivity contribution in [2.75, 3.05) is 6.54 Å². The molecule has 1 aromatic carbocycles. The van der Waals surface area contributed by atoms with Gasteiger partial charge >= 0.3 is 0 Å². The summed E-state index contributed by atoms with van der Waals surface area (Å²) < 4.78 is 0.240. The zero-order valence-electron chi connectivity index (χ0n) is 12.0. The maximum Gasteiger partial charge on any atom is 0.284 e. The van der Waals surface area contributed by atoms with Crippen LogP contribution in [0.25, 0.3) is 0 Å². The highest BCUT2D eigenvalue weighted by Crippen LogP contribution is 2.40. The van der Waals surface area contributed by atoms with Gasteiger partial charge in [-0.1, -0.05) is 25.8 Å². The van der Waals surface area contributed by atoms with Crippen LogP contribution in [0.15, 0.2) is 22.7 Å². The third kappa shape index (κ3) is 3.43. The second-order valence-corrected chi connectivity index (χ2v) is 6.43. The Bertz CT molecular complexity index is 554. The molecule has 0 heterocycles. The highest BCUT2D eigenvalue weighted by molar-refractivity contribution is 9.10. The van der Waals surface area contributed by atoms with Gasteiger partial charge in [0.05, 0.1) is 10.5 Å². The van der Waals surface area contributed by atoms with Crippen LogP contribution in [0.1, 0.15) is 49.4 Å². The topological polar surface area (TPSA) is 72.2 Å². The molecule has 114 valence electrons. The van der Waals surface area contributed by atoms with E-state index in [2.05, 4.69) is 28.2 Å². The molecule has 5 nitrogen and oxygen atoms in total. The van der Waals surface area contributed by atoms with Crippen LogP contribution in [0.4, 0.5) is 5.69 Å². The first-order chi connectivity index (χ1) is 9.99. The van der Waals surface area contributed by atoms with Crippen molar-refractivity contribution >= 4 is 27.5 Å². The van der Waals surface area contributed by atoms with E-state index in [0.29, 0.717) is 12.1 Å². The Hall–Kier alpha value is -1.43. The molecule has 2 rings (SSSR count). The number of nitrogens with one attached hydrogen (secondary N) is 1. The van der Waals surface area contributed by atoms with E-state index in [1.807, 2.05) is 0 Å². The highest BCUT2D eigenvalue weighted by Gasteiger charge is 2.32. The van der Waals surface area contributed by atoms with Crippen molar-refractivity contribution in [1.82, 2.24) is 5.32 Å². The number of amides is 1. The number of carbonyl (C=O) groups is 1. The molecule has 1 aliphatic carbocycles. The van der Waals surface area contributed by atoms with Gasteiger partial charge in [0.2, 0.25) is 0 Å². The zero-order valence-corrected chi connectivity index (χ0v) is 13.6. The van der Waals surface area contributed by atoms with E-state index < -0.39 is 4.92 Å². The monoisotopic (exact) mass is 354 g/mol. The summed E-state index contributed by atoms with van der Waals surface area (Å²) in [5.41, 5.74) is 0.422. The van der Waals surface area contributed by atoms with Crippen molar-refractivity contribution in [1.29, 1.82) is 0 Å². The number of hydrogen-bond acceptors (Lipinski definition) is 3. The average Bonchev–Trinajstić information content (AvgIpc) is 2.94. The third-order valence-corrected chi connectivity index (χ3v) is 5.29. The van der Waals surface area contributed by atoms with Gasteiger partial charge in [0.25, 0.3) is 11.6 Å². The predicted octanol–water partition coefficient (Wildman–Crippen LogP) is 4.06. The summed E-state index contributed by atoms with van der Waals surface area (Å²) in [5, 5.41) is 13.9. The molecule has 1 N–H and O–H groups in total. The Morgan fingerprint density at radius 2 is 2.10 bits per heavy atom. The molecule has 0 aliphatic heterocycles. The molecular formula is C15H19BrN2O3. The molecule has 1 aromatic rings. The number of nitrogens with zero attached hydrogens (tertiary/aromatic N) is 1. The minimum atomic E-state index is -0.495. The molecule has 0 saturated heterocycles. The smallest absolute Gasteiger partial charge is 0.284 e. The number of nitro groups is 1. The van der Waals surface area contributed by atoms with Gasteiger partial charge in [-0.05, 0) is 46.7 Å². The van der Waals surface area contributed by atoms with Gasteiger partial charge in [0, 0.05) is 12.6 Å². The van der Waals surface area contributed by atoms with Crippen LogP contribution < -0.4 is 5.32 Å². The Labute approximate surface area is 132 Å². The SMILES string of the molecule is CCC1(CNC(=O)c2cccc([N+](=O)[O-])c2Br)CCCC1. The fourth-order valence-electron chi connectivity index (χ4n) is 2.98. The molecule has 1 amide bonds. The second-order valence-electron chi connectivity index (χ2n) is 5.64. The van der Waals surface area contributed by atoms with Crippen molar-refractivity contribution in [3.63, 3.8) is 0 Å².